The van der Waals surface area contributed by atoms with Crippen LogP contribution in [0.4, 0.5) is 0 Å². The van der Waals surface area contributed by atoms with Crippen LogP contribution in [0.25, 0.3) is 0 Å². The molecule has 0 saturated carbocycles. The van der Waals surface area contributed by atoms with E-state index in [0.717, 1.165) is 26.1 Å². The highest BCUT2D eigenvalue weighted by Crippen LogP contribution is 2.11. The normalized spacial score (nSPS) is 26.1. The number of carbonyl (C=O) groups is 2. The van der Waals surface area contributed by atoms with Crippen molar-refractivity contribution >= 4 is 11.8 Å². The van der Waals surface area contributed by atoms with Gasteiger partial charge in [-0.15, -0.1) is 0 Å². The van der Waals surface area contributed by atoms with Gasteiger partial charge >= 0.3 is 0 Å². The van der Waals surface area contributed by atoms with Crippen molar-refractivity contribution in [2.75, 3.05) is 33.2 Å². The first kappa shape index (κ1) is 14.3. The maximum absolute atomic E-state index is 12.0. The molecule has 5 nitrogen and oxygen atoms in total. The van der Waals surface area contributed by atoms with Gasteiger partial charge in [0.25, 0.3) is 0 Å². The minimum atomic E-state index is -0.299. The summed E-state index contributed by atoms with van der Waals surface area (Å²) < 4.78 is 0. The molecule has 19 heavy (non-hydrogen) atoms. The van der Waals surface area contributed by atoms with Crippen molar-refractivity contribution in [3.8, 4) is 0 Å². The van der Waals surface area contributed by atoms with Crippen molar-refractivity contribution in [2.24, 2.45) is 0 Å². The topological polar surface area (TPSA) is 52.7 Å². The molecule has 2 saturated heterocycles. The molecule has 2 fully saturated rings. The molecule has 2 rings (SSSR count). The number of nitrogens with zero attached hydrogens (tertiary/aromatic N) is 2. The second-order valence-electron chi connectivity index (χ2n) is 5.71. The van der Waals surface area contributed by atoms with E-state index in [4.69, 9.17) is 0 Å². The third-order valence-electron chi connectivity index (χ3n) is 4.08. The molecule has 0 aromatic heterocycles. The molecule has 2 amide bonds. The number of hydrogen-bond donors (Lipinski definition) is 1. The first-order chi connectivity index (χ1) is 9.16. The number of likely N-dealkylation sites (N-methyl/N-ethyl adjacent to an activating group) is 1. The van der Waals surface area contributed by atoms with Crippen LogP contribution >= 0.6 is 0 Å². The molecule has 1 atom stereocenters. The first-order valence-electron chi connectivity index (χ1n) is 7.43. The largest absolute Gasteiger partial charge is 0.344 e. The summed E-state index contributed by atoms with van der Waals surface area (Å²) in [5.41, 5.74) is 0. The Morgan fingerprint density at radius 2 is 1.79 bits per heavy atom. The summed E-state index contributed by atoms with van der Waals surface area (Å²) in [7, 11) is 1.78. The van der Waals surface area contributed by atoms with Gasteiger partial charge in [0.05, 0.1) is 6.54 Å². The third-order valence-corrected chi connectivity index (χ3v) is 4.08. The lowest BCUT2D eigenvalue weighted by Gasteiger charge is -2.24. The predicted molar refractivity (Wildman–Crippen MR) is 73.7 cm³/mol. The number of hydrogen-bond acceptors (Lipinski definition) is 3. The van der Waals surface area contributed by atoms with Crippen LogP contribution in [0.15, 0.2) is 0 Å². The van der Waals surface area contributed by atoms with Crippen molar-refractivity contribution in [2.45, 2.75) is 44.6 Å². The van der Waals surface area contributed by atoms with E-state index >= 15 is 0 Å². The van der Waals surface area contributed by atoms with Crippen molar-refractivity contribution in [1.29, 1.82) is 0 Å². The molecule has 2 heterocycles. The van der Waals surface area contributed by atoms with Crippen molar-refractivity contribution < 1.29 is 9.59 Å². The van der Waals surface area contributed by atoms with E-state index in [2.05, 4.69) is 10.2 Å². The fourth-order valence-electron chi connectivity index (χ4n) is 2.87. The number of likely N-dealkylation sites (tertiary alicyclic amines) is 2. The molecule has 1 N–H and O–H groups in total. The Labute approximate surface area is 115 Å². The zero-order valence-electron chi connectivity index (χ0n) is 11.9. The lowest BCUT2D eigenvalue weighted by atomic mass is 10.1. The van der Waals surface area contributed by atoms with E-state index in [1.165, 1.54) is 32.1 Å². The average Bonchev–Trinajstić information content (AvgIpc) is 2.64. The Bertz CT molecular complexity index is 325. The number of rotatable bonds is 3. The van der Waals surface area contributed by atoms with Gasteiger partial charge in [-0.1, -0.05) is 19.3 Å². The van der Waals surface area contributed by atoms with Gasteiger partial charge in [0, 0.05) is 13.6 Å². The van der Waals surface area contributed by atoms with Gasteiger partial charge < -0.3 is 10.2 Å². The van der Waals surface area contributed by atoms with Crippen molar-refractivity contribution in [3.05, 3.63) is 0 Å². The Kier molecular flexibility index (Phi) is 5.19. The van der Waals surface area contributed by atoms with Gasteiger partial charge in [0.2, 0.25) is 11.8 Å². The van der Waals surface area contributed by atoms with E-state index in [0.29, 0.717) is 6.54 Å². The summed E-state index contributed by atoms with van der Waals surface area (Å²) in [5, 5.41) is 2.87. The van der Waals surface area contributed by atoms with Crippen molar-refractivity contribution in [1.82, 2.24) is 15.1 Å². The van der Waals surface area contributed by atoms with Crippen LogP contribution in [0.2, 0.25) is 0 Å². The highest BCUT2D eigenvalue weighted by molar-refractivity contribution is 5.89. The van der Waals surface area contributed by atoms with Gasteiger partial charge in [-0.25, -0.2) is 0 Å². The lowest BCUT2D eigenvalue weighted by Crippen LogP contribution is -2.45. The summed E-state index contributed by atoms with van der Waals surface area (Å²) in [4.78, 5) is 27.6. The lowest BCUT2D eigenvalue weighted by molar-refractivity contribution is -0.132. The molecule has 2 aliphatic heterocycles. The van der Waals surface area contributed by atoms with E-state index in [-0.39, 0.29) is 17.9 Å². The van der Waals surface area contributed by atoms with E-state index in [1.807, 2.05) is 0 Å². The molecule has 2 aliphatic rings. The standard InChI is InChI=1S/C14H25N3O2/c1-16-10-7-12(14(16)19)15-13(18)11-17-8-5-3-2-4-6-9-17/h12H,2-11H2,1H3,(H,15,18). The second-order valence-corrected chi connectivity index (χ2v) is 5.71. The Hall–Kier alpha value is -1.10. The fraction of sp³-hybridized carbons (Fsp3) is 0.857. The monoisotopic (exact) mass is 267 g/mol. The maximum Gasteiger partial charge on any atom is 0.244 e. The Morgan fingerprint density at radius 3 is 2.37 bits per heavy atom. The van der Waals surface area contributed by atoms with Crippen LogP contribution in [0.3, 0.4) is 0 Å². The summed E-state index contributed by atoms with van der Waals surface area (Å²) in [6, 6.07) is -0.299. The van der Waals surface area contributed by atoms with Gasteiger partial charge in [-0.2, -0.15) is 0 Å². The average molecular weight is 267 g/mol. The number of amides is 2. The summed E-state index contributed by atoms with van der Waals surface area (Å²) >= 11 is 0. The zero-order chi connectivity index (χ0) is 13.7. The molecule has 108 valence electrons. The zero-order valence-corrected chi connectivity index (χ0v) is 11.9. The smallest absolute Gasteiger partial charge is 0.244 e. The van der Waals surface area contributed by atoms with Crippen LogP contribution in [0, 0.1) is 0 Å². The van der Waals surface area contributed by atoms with E-state index in [9.17, 15) is 9.59 Å². The quantitative estimate of drug-likeness (QED) is 0.814. The molecule has 0 radical (unpaired) electrons. The Balaban J connectivity index is 1.75. The second kappa shape index (κ2) is 6.89. The summed E-state index contributed by atoms with van der Waals surface area (Å²) in [5.74, 6) is 0.0373. The maximum atomic E-state index is 12.0. The third kappa shape index (κ3) is 4.20. The fourth-order valence-corrected chi connectivity index (χ4v) is 2.87. The van der Waals surface area contributed by atoms with Crippen LogP contribution in [0.1, 0.15) is 38.5 Å². The highest BCUT2D eigenvalue weighted by Gasteiger charge is 2.30. The first-order valence-corrected chi connectivity index (χ1v) is 7.43. The molecule has 5 heteroatoms. The summed E-state index contributed by atoms with van der Waals surface area (Å²) in [6.07, 6.45) is 6.95. The number of nitrogens with one attached hydrogen (secondary N) is 1. The van der Waals surface area contributed by atoms with Crippen LogP contribution < -0.4 is 5.32 Å². The summed E-state index contributed by atoms with van der Waals surface area (Å²) in [6.45, 7) is 3.19. The van der Waals surface area contributed by atoms with Crippen LogP contribution in [0.5, 0.6) is 0 Å². The van der Waals surface area contributed by atoms with Crippen LogP contribution in [-0.4, -0.2) is 60.9 Å². The van der Waals surface area contributed by atoms with Gasteiger partial charge in [0.15, 0.2) is 0 Å². The van der Waals surface area contributed by atoms with Gasteiger partial charge in [0.1, 0.15) is 6.04 Å². The SMILES string of the molecule is CN1CCC(NC(=O)CN2CCCCCCC2)C1=O. The molecule has 0 bridgehead atoms. The predicted octanol–water partition coefficient (Wildman–Crippen LogP) is 0.599. The Morgan fingerprint density at radius 1 is 1.16 bits per heavy atom. The highest BCUT2D eigenvalue weighted by atomic mass is 16.2. The molecule has 0 aliphatic carbocycles. The van der Waals surface area contributed by atoms with E-state index < -0.39 is 0 Å². The minimum absolute atomic E-state index is 0.00535. The minimum Gasteiger partial charge on any atom is -0.344 e. The van der Waals surface area contributed by atoms with Crippen molar-refractivity contribution in [3.63, 3.8) is 0 Å². The molecule has 0 spiro atoms. The molecular formula is C14H25N3O2. The van der Waals surface area contributed by atoms with Crippen LogP contribution in [-0.2, 0) is 9.59 Å². The number of carbonyl (C=O) groups excluding carboxylic acids is 2. The molecular weight excluding hydrogens is 242 g/mol. The van der Waals surface area contributed by atoms with Gasteiger partial charge in [-0.3, -0.25) is 14.5 Å². The molecule has 0 aromatic carbocycles. The molecule has 1 unspecified atom stereocenters. The van der Waals surface area contributed by atoms with Gasteiger partial charge in [-0.05, 0) is 32.4 Å². The van der Waals surface area contributed by atoms with E-state index in [1.54, 1.807) is 11.9 Å². The molecule has 0 aromatic rings.